The number of aryl methyl sites for hydroxylation is 1. The van der Waals surface area contributed by atoms with E-state index < -0.39 is 0 Å². The van der Waals surface area contributed by atoms with Gasteiger partial charge in [0, 0.05) is 13.1 Å². The third kappa shape index (κ3) is 3.75. The molecule has 5 nitrogen and oxygen atoms in total. The number of hydrogen-bond acceptors (Lipinski definition) is 3. The number of nitrogens with zero attached hydrogens (tertiary/aromatic N) is 2. The van der Waals surface area contributed by atoms with Crippen LogP contribution in [0.3, 0.4) is 0 Å². The molecule has 1 rings (SSSR count). The topological polar surface area (TPSA) is 72.9 Å². The van der Waals surface area contributed by atoms with Crippen molar-refractivity contribution in [2.24, 2.45) is 7.05 Å². The minimum atomic E-state index is -0.123. The predicted molar refractivity (Wildman–Crippen MR) is 73.3 cm³/mol. The van der Waals surface area contributed by atoms with Crippen LogP contribution in [0, 0.1) is 0 Å². The smallest absolute Gasteiger partial charge is 0.271 e. The number of rotatable bonds is 7. The summed E-state index contributed by atoms with van der Waals surface area (Å²) < 4.78 is 1.52. The zero-order valence-electron chi connectivity index (χ0n) is 11.6. The van der Waals surface area contributed by atoms with Crippen molar-refractivity contribution in [1.29, 1.82) is 0 Å². The van der Waals surface area contributed by atoms with Gasteiger partial charge in [-0.05, 0) is 12.8 Å². The standard InChI is InChI=1S/C13H24N4O/c1-4-6-8-10(7-5-2)16-13(18)12-11(14)9-15-17(12)3/h9-10H,4-8,14H2,1-3H3,(H,16,18). The molecule has 1 amide bonds. The molecule has 1 atom stereocenters. The predicted octanol–water partition coefficient (Wildman–Crippen LogP) is 2.09. The first kappa shape index (κ1) is 14.5. The molecule has 0 aliphatic heterocycles. The van der Waals surface area contributed by atoms with Crippen LogP contribution < -0.4 is 11.1 Å². The van der Waals surface area contributed by atoms with Crippen LogP contribution in [0.2, 0.25) is 0 Å². The number of aromatic nitrogens is 2. The minimum absolute atomic E-state index is 0.123. The van der Waals surface area contributed by atoms with E-state index >= 15 is 0 Å². The molecule has 102 valence electrons. The molecule has 0 fully saturated rings. The Labute approximate surface area is 109 Å². The third-order valence-electron chi connectivity index (χ3n) is 3.06. The van der Waals surface area contributed by atoms with Gasteiger partial charge in [0.25, 0.3) is 5.91 Å². The summed E-state index contributed by atoms with van der Waals surface area (Å²) in [5, 5.41) is 7.04. The molecule has 1 heterocycles. The number of hydrogen-bond donors (Lipinski definition) is 2. The van der Waals surface area contributed by atoms with Crippen molar-refractivity contribution in [1.82, 2.24) is 15.1 Å². The number of amides is 1. The second-order valence-electron chi connectivity index (χ2n) is 4.67. The van der Waals surface area contributed by atoms with E-state index in [2.05, 4.69) is 24.3 Å². The Morgan fingerprint density at radius 2 is 2.17 bits per heavy atom. The second kappa shape index (κ2) is 7.03. The van der Waals surface area contributed by atoms with E-state index in [1.165, 1.54) is 10.9 Å². The summed E-state index contributed by atoms with van der Waals surface area (Å²) in [6.07, 6.45) is 6.87. The van der Waals surface area contributed by atoms with Gasteiger partial charge >= 0.3 is 0 Å². The molecule has 18 heavy (non-hydrogen) atoms. The fourth-order valence-electron chi connectivity index (χ4n) is 2.07. The van der Waals surface area contributed by atoms with Crippen LogP contribution in [0.5, 0.6) is 0 Å². The number of unbranched alkanes of at least 4 members (excludes halogenated alkanes) is 1. The normalized spacial score (nSPS) is 12.4. The van der Waals surface area contributed by atoms with Crippen LogP contribution in [0.25, 0.3) is 0 Å². The first-order valence-corrected chi connectivity index (χ1v) is 6.68. The van der Waals surface area contributed by atoms with Gasteiger partial charge in [-0.25, -0.2) is 0 Å². The summed E-state index contributed by atoms with van der Waals surface area (Å²) in [6.45, 7) is 4.29. The van der Waals surface area contributed by atoms with E-state index in [1.54, 1.807) is 7.05 Å². The Hall–Kier alpha value is -1.52. The molecule has 1 aromatic heterocycles. The van der Waals surface area contributed by atoms with E-state index in [1.807, 2.05) is 0 Å². The Morgan fingerprint density at radius 3 is 2.67 bits per heavy atom. The van der Waals surface area contributed by atoms with E-state index in [0.717, 1.165) is 32.1 Å². The van der Waals surface area contributed by atoms with Crippen molar-refractivity contribution >= 4 is 11.6 Å². The molecule has 0 bridgehead atoms. The average molecular weight is 252 g/mol. The zero-order valence-corrected chi connectivity index (χ0v) is 11.6. The maximum absolute atomic E-state index is 12.1. The van der Waals surface area contributed by atoms with E-state index in [0.29, 0.717) is 11.4 Å². The number of carbonyl (C=O) groups is 1. The average Bonchev–Trinajstić information content (AvgIpc) is 2.66. The lowest BCUT2D eigenvalue weighted by Gasteiger charge is -2.18. The summed E-state index contributed by atoms with van der Waals surface area (Å²) >= 11 is 0. The van der Waals surface area contributed by atoms with Crippen LogP contribution in [0.15, 0.2) is 6.20 Å². The van der Waals surface area contributed by atoms with Crippen LogP contribution in [-0.2, 0) is 7.05 Å². The molecule has 5 heteroatoms. The molecule has 0 aliphatic carbocycles. The van der Waals surface area contributed by atoms with Crippen molar-refractivity contribution in [3.63, 3.8) is 0 Å². The fourth-order valence-corrected chi connectivity index (χ4v) is 2.07. The van der Waals surface area contributed by atoms with Gasteiger partial charge in [0.1, 0.15) is 5.69 Å². The number of anilines is 1. The van der Waals surface area contributed by atoms with Crippen LogP contribution >= 0.6 is 0 Å². The molecule has 0 radical (unpaired) electrons. The monoisotopic (exact) mass is 252 g/mol. The molecule has 1 unspecified atom stereocenters. The van der Waals surface area contributed by atoms with Gasteiger partial charge in [0.2, 0.25) is 0 Å². The van der Waals surface area contributed by atoms with Crippen LogP contribution in [0.1, 0.15) is 56.4 Å². The SMILES string of the molecule is CCCCC(CCC)NC(=O)c1c(N)cnn1C. The summed E-state index contributed by atoms with van der Waals surface area (Å²) in [4.78, 5) is 12.1. The van der Waals surface area contributed by atoms with E-state index in [4.69, 9.17) is 5.73 Å². The lowest BCUT2D eigenvalue weighted by molar-refractivity contribution is 0.0923. The molecule has 0 saturated carbocycles. The Balaban J connectivity index is 2.66. The lowest BCUT2D eigenvalue weighted by atomic mass is 10.0. The third-order valence-corrected chi connectivity index (χ3v) is 3.06. The van der Waals surface area contributed by atoms with E-state index in [-0.39, 0.29) is 11.9 Å². The highest BCUT2D eigenvalue weighted by Gasteiger charge is 2.18. The summed E-state index contributed by atoms with van der Waals surface area (Å²) in [6, 6.07) is 0.233. The Bertz CT molecular complexity index is 367. The van der Waals surface area contributed by atoms with E-state index in [9.17, 15) is 4.79 Å². The summed E-state index contributed by atoms with van der Waals surface area (Å²) in [5.41, 5.74) is 6.63. The summed E-state index contributed by atoms with van der Waals surface area (Å²) in [7, 11) is 1.73. The maximum Gasteiger partial charge on any atom is 0.271 e. The molecule has 0 aromatic carbocycles. The van der Waals surface area contributed by atoms with Crippen LogP contribution in [0.4, 0.5) is 5.69 Å². The van der Waals surface area contributed by atoms with Crippen molar-refractivity contribution in [3.05, 3.63) is 11.9 Å². The van der Waals surface area contributed by atoms with Gasteiger partial charge < -0.3 is 11.1 Å². The first-order valence-electron chi connectivity index (χ1n) is 6.68. The Kier molecular flexibility index (Phi) is 5.68. The molecular formula is C13H24N4O. The van der Waals surface area contributed by atoms with Gasteiger partial charge in [-0.1, -0.05) is 33.1 Å². The molecular weight excluding hydrogens is 228 g/mol. The number of carbonyl (C=O) groups excluding carboxylic acids is 1. The maximum atomic E-state index is 12.1. The summed E-state index contributed by atoms with van der Waals surface area (Å²) in [5.74, 6) is -0.123. The lowest BCUT2D eigenvalue weighted by Crippen LogP contribution is -2.36. The second-order valence-corrected chi connectivity index (χ2v) is 4.67. The number of nitrogen functional groups attached to an aromatic ring is 1. The quantitative estimate of drug-likeness (QED) is 0.780. The van der Waals surface area contributed by atoms with Crippen LogP contribution in [-0.4, -0.2) is 21.7 Å². The molecule has 0 saturated heterocycles. The molecule has 0 aliphatic rings. The van der Waals surface area contributed by atoms with Crippen molar-refractivity contribution in [3.8, 4) is 0 Å². The molecule has 1 aromatic rings. The highest BCUT2D eigenvalue weighted by molar-refractivity contribution is 5.97. The van der Waals surface area contributed by atoms with Gasteiger partial charge in [-0.3, -0.25) is 9.48 Å². The van der Waals surface area contributed by atoms with Crippen molar-refractivity contribution < 1.29 is 4.79 Å². The fraction of sp³-hybridized carbons (Fsp3) is 0.692. The van der Waals surface area contributed by atoms with Gasteiger partial charge in [0.15, 0.2) is 0 Å². The van der Waals surface area contributed by atoms with Gasteiger partial charge in [0.05, 0.1) is 11.9 Å². The number of nitrogens with two attached hydrogens (primary N) is 1. The highest BCUT2D eigenvalue weighted by Crippen LogP contribution is 2.12. The number of nitrogens with one attached hydrogen (secondary N) is 1. The molecule has 0 spiro atoms. The molecule has 3 N–H and O–H groups in total. The Morgan fingerprint density at radius 1 is 1.44 bits per heavy atom. The van der Waals surface area contributed by atoms with Crippen molar-refractivity contribution in [2.45, 2.75) is 52.0 Å². The van der Waals surface area contributed by atoms with Crippen molar-refractivity contribution in [2.75, 3.05) is 5.73 Å². The van der Waals surface area contributed by atoms with Gasteiger partial charge in [-0.2, -0.15) is 5.10 Å². The largest absolute Gasteiger partial charge is 0.396 e. The highest BCUT2D eigenvalue weighted by atomic mass is 16.2. The minimum Gasteiger partial charge on any atom is -0.396 e. The van der Waals surface area contributed by atoms with Gasteiger partial charge in [-0.15, -0.1) is 0 Å². The first-order chi connectivity index (χ1) is 8.60. The zero-order chi connectivity index (χ0) is 13.5.